The third kappa shape index (κ3) is 5.68. The Labute approximate surface area is 263 Å². The zero-order chi connectivity index (χ0) is 30.8. The minimum Gasteiger partial charge on any atom is -0.422 e. The summed E-state index contributed by atoms with van der Waals surface area (Å²) in [6.07, 6.45) is 1.36. The second-order valence-corrected chi connectivity index (χ2v) is 11.0. The van der Waals surface area contributed by atoms with E-state index in [1.807, 2.05) is 54.6 Å². The zero-order valence-electron chi connectivity index (χ0n) is 22.6. The van der Waals surface area contributed by atoms with Gasteiger partial charge >= 0.3 is 5.97 Å². The summed E-state index contributed by atoms with van der Waals surface area (Å²) in [5.41, 5.74) is 5.36. The van der Waals surface area contributed by atoms with Crippen molar-refractivity contribution in [3.05, 3.63) is 140 Å². The monoisotopic (exact) mass is 666 g/mol. The van der Waals surface area contributed by atoms with Crippen molar-refractivity contribution in [1.82, 2.24) is 10.4 Å². The van der Waals surface area contributed by atoms with Crippen LogP contribution in [0.3, 0.4) is 0 Å². The number of fused-ring (bicyclic) bond motifs is 3. The van der Waals surface area contributed by atoms with Crippen LogP contribution in [0.2, 0.25) is 5.02 Å². The summed E-state index contributed by atoms with van der Waals surface area (Å²) < 4.78 is 6.23. The number of carbonyl (C=O) groups excluding carboxylic acids is 2. The van der Waals surface area contributed by atoms with Gasteiger partial charge in [0.05, 0.1) is 22.2 Å². The molecule has 9 nitrogen and oxygen atoms in total. The van der Waals surface area contributed by atoms with Gasteiger partial charge < -0.3 is 9.72 Å². The lowest BCUT2D eigenvalue weighted by Gasteiger charge is -2.08. The molecule has 0 aliphatic carbocycles. The van der Waals surface area contributed by atoms with Crippen molar-refractivity contribution in [2.75, 3.05) is 0 Å². The fraction of sp³-hybridized carbons (Fsp3) is 0. The van der Waals surface area contributed by atoms with E-state index < -0.39 is 16.8 Å². The Morgan fingerprint density at radius 3 is 2.45 bits per heavy atom. The van der Waals surface area contributed by atoms with E-state index in [1.165, 1.54) is 30.5 Å². The van der Waals surface area contributed by atoms with Crippen molar-refractivity contribution < 1.29 is 19.2 Å². The molecule has 0 aliphatic rings. The number of carbonyl (C=O) groups is 2. The first-order valence-electron chi connectivity index (χ1n) is 13.2. The molecule has 0 spiro atoms. The quantitative estimate of drug-likeness (QED) is 0.0582. The Hall–Kier alpha value is -5.32. The van der Waals surface area contributed by atoms with E-state index >= 15 is 0 Å². The number of hydrogen-bond acceptors (Lipinski definition) is 6. The third-order valence-corrected chi connectivity index (χ3v) is 7.75. The van der Waals surface area contributed by atoms with Crippen molar-refractivity contribution >= 4 is 73.0 Å². The average molecular weight is 668 g/mol. The van der Waals surface area contributed by atoms with E-state index in [9.17, 15) is 19.7 Å². The molecule has 5 aromatic carbocycles. The number of aromatic nitrogens is 1. The van der Waals surface area contributed by atoms with Crippen LogP contribution in [0.4, 0.5) is 5.69 Å². The van der Waals surface area contributed by atoms with E-state index in [4.69, 9.17) is 16.3 Å². The summed E-state index contributed by atoms with van der Waals surface area (Å²) in [6.45, 7) is 0. The number of rotatable bonds is 7. The van der Waals surface area contributed by atoms with Crippen LogP contribution in [-0.4, -0.2) is 28.0 Å². The third-order valence-electron chi connectivity index (χ3n) is 6.93. The van der Waals surface area contributed by atoms with Crippen molar-refractivity contribution in [3.8, 4) is 16.9 Å². The molecule has 0 atom stereocenters. The average Bonchev–Trinajstić information content (AvgIpc) is 3.42. The first-order valence-corrected chi connectivity index (χ1v) is 14.3. The number of nitrogens with zero attached hydrogens (tertiary/aromatic N) is 2. The minimum absolute atomic E-state index is 0.133. The van der Waals surface area contributed by atoms with Crippen molar-refractivity contribution in [1.29, 1.82) is 0 Å². The Balaban J connectivity index is 1.31. The number of esters is 1. The molecule has 0 unspecified atom stereocenters. The molecule has 2 N–H and O–H groups in total. The number of aromatic amines is 1. The maximum Gasteiger partial charge on any atom is 0.343 e. The normalized spacial score (nSPS) is 11.2. The molecule has 0 saturated heterocycles. The number of hydrogen-bond donors (Lipinski definition) is 2. The maximum atomic E-state index is 13.6. The first-order chi connectivity index (χ1) is 21.3. The van der Waals surface area contributed by atoms with Gasteiger partial charge in [0.25, 0.3) is 11.6 Å². The molecule has 0 bridgehead atoms. The number of non-ortho nitro benzene ring substituents is 1. The molecule has 216 valence electrons. The smallest absolute Gasteiger partial charge is 0.343 e. The number of benzene rings is 5. The van der Waals surface area contributed by atoms with Gasteiger partial charge in [-0.15, -0.1) is 0 Å². The molecule has 1 amide bonds. The number of amides is 1. The van der Waals surface area contributed by atoms with Crippen LogP contribution in [0.25, 0.3) is 32.8 Å². The van der Waals surface area contributed by atoms with Gasteiger partial charge in [-0.05, 0) is 41.8 Å². The van der Waals surface area contributed by atoms with Gasteiger partial charge in [0, 0.05) is 49.1 Å². The first kappa shape index (κ1) is 28.8. The highest BCUT2D eigenvalue weighted by atomic mass is 79.9. The van der Waals surface area contributed by atoms with Crippen LogP contribution in [-0.2, 0) is 0 Å². The zero-order valence-corrected chi connectivity index (χ0v) is 24.9. The molecule has 6 aromatic rings. The summed E-state index contributed by atoms with van der Waals surface area (Å²) in [5, 5.41) is 18.4. The number of nitro groups is 1. The topological polar surface area (TPSA) is 127 Å². The van der Waals surface area contributed by atoms with E-state index in [-0.39, 0.29) is 22.7 Å². The highest BCUT2D eigenvalue weighted by molar-refractivity contribution is 9.10. The van der Waals surface area contributed by atoms with E-state index in [0.29, 0.717) is 26.2 Å². The van der Waals surface area contributed by atoms with Crippen molar-refractivity contribution in [2.45, 2.75) is 0 Å². The number of hydrazone groups is 1. The number of ether oxygens (including phenoxy) is 1. The molecule has 0 saturated carbocycles. The summed E-state index contributed by atoms with van der Waals surface area (Å²) in [6, 6.07) is 29.1. The minimum atomic E-state index is -0.712. The Morgan fingerprint density at radius 1 is 0.932 bits per heavy atom. The predicted molar refractivity (Wildman–Crippen MR) is 174 cm³/mol. The van der Waals surface area contributed by atoms with Crippen LogP contribution in [0.1, 0.15) is 26.4 Å². The second kappa shape index (κ2) is 12.1. The molecule has 0 radical (unpaired) electrons. The molecular weight excluding hydrogens is 648 g/mol. The molecule has 44 heavy (non-hydrogen) atoms. The largest absolute Gasteiger partial charge is 0.422 e. The van der Waals surface area contributed by atoms with Gasteiger partial charge in [-0.3, -0.25) is 14.9 Å². The molecular formula is C33H20BrClN4O5. The number of nitro benzene ring substituents is 1. The lowest BCUT2D eigenvalue weighted by Crippen LogP contribution is -2.19. The number of halogens is 2. The van der Waals surface area contributed by atoms with Gasteiger partial charge in [0.15, 0.2) is 0 Å². The Morgan fingerprint density at radius 2 is 1.68 bits per heavy atom. The lowest BCUT2D eigenvalue weighted by atomic mass is 9.99. The molecule has 1 heterocycles. The van der Waals surface area contributed by atoms with Gasteiger partial charge in [0.2, 0.25) is 0 Å². The van der Waals surface area contributed by atoms with E-state index in [0.717, 1.165) is 21.7 Å². The van der Waals surface area contributed by atoms with Crippen LogP contribution >= 0.6 is 27.5 Å². The van der Waals surface area contributed by atoms with Crippen molar-refractivity contribution in [3.63, 3.8) is 0 Å². The SMILES string of the molecule is O=C(Oc1ccc(Br)cc1C=NNC(=O)c1[nH]c2c(ccc3ccccc32)c1-c1ccccc1Cl)c1ccc([N+](=O)[O-])cc1. The molecule has 11 heteroatoms. The summed E-state index contributed by atoms with van der Waals surface area (Å²) in [7, 11) is 0. The van der Waals surface area contributed by atoms with E-state index in [1.54, 1.807) is 24.3 Å². The van der Waals surface area contributed by atoms with Gasteiger partial charge in [-0.1, -0.05) is 82.1 Å². The molecule has 1 aromatic heterocycles. The fourth-order valence-electron chi connectivity index (χ4n) is 4.86. The fourth-order valence-corrected chi connectivity index (χ4v) is 5.47. The Kier molecular flexibility index (Phi) is 7.93. The van der Waals surface area contributed by atoms with Gasteiger partial charge in [-0.25, -0.2) is 10.2 Å². The lowest BCUT2D eigenvalue weighted by molar-refractivity contribution is -0.384. The van der Waals surface area contributed by atoms with Crippen LogP contribution in [0.5, 0.6) is 5.75 Å². The number of nitrogens with one attached hydrogen (secondary N) is 2. The summed E-state index contributed by atoms with van der Waals surface area (Å²) >= 11 is 9.98. The van der Waals surface area contributed by atoms with Crippen LogP contribution in [0, 0.1) is 10.1 Å². The van der Waals surface area contributed by atoms with Crippen LogP contribution < -0.4 is 10.2 Å². The molecule has 6 rings (SSSR count). The highest BCUT2D eigenvalue weighted by Crippen LogP contribution is 2.39. The number of H-pyrrole nitrogens is 1. The Bertz CT molecular complexity index is 2130. The van der Waals surface area contributed by atoms with Gasteiger partial charge in [-0.2, -0.15) is 5.10 Å². The van der Waals surface area contributed by atoms with Crippen LogP contribution in [0.15, 0.2) is 113 Å². The standard InChI is InChI=1S/C33H20BrClN4O5/c34-22-12-16-28(44-33(41)20-9-13-23(14-10-20)39(42)43)21(17-22)18-36-38-32(40)31-29(25-7-3-4-8-27(25)35)26-15-11-19-5-1-2-6-24(19)30(26)37-31/h1-18,37H,(H,38,40). The predicted octanol–water partition coefficient (Wildman–Crippen LogP) is 8.30. The highest BCUT2D eigenvalue weighted by Gasteiger charge is 2.22. The summed E-state index contributed by atoms with van der Waals surface area (Å²) in [4.78, 5) is 40.0. The maximum absolute atomic E-state index is 13.6. The summed E-state index contributed by atoms with van der Waals surface area (Å²) in [5.74, 6) is -1.05. The van der Waals surface area contributed by atoms with Gasteiger partial charge in [0.1, 0.15) is 11.4 Å². The second-order valence-electron chi connectivity index (χ2n) is 9.64. The molecule has 0 fully saturated rings. The molecule has 0 aliphatic heterocycles. The van der Waals surface area contributed by atoms with Crippen molar-refractivity contribution in [2.24, 2.45) is 5.10 Å². The van der Waals surface area contributed by atoms with E-state index in [2.05, 4.69) is 31.4 Å².